The maximum Gasteiger partial charge on any atom is 0.137 e. The van der Waals surface area contributed by atoms with Crippen LogP contribution in [0.4, 0.5) is 0 Å². The molecular weight excluding hydrogens is 322 g/mol. The van der Waals surface area contributed by atoms with Crippen molar-refractivity contribution >= 4 is 15.9 Å². The fraction of sp³-hybridized carbons (Fsp3) is 0.200. The molecule has 0 amide bonds. The molecule has 5 heteroatoms. The third kappa shape index (κ3) is 2.28. The molecule has 3 rings (SSSR count). The number of phenols is 2. The molecule has 0 fully saturated rings. The molecule has 0 aromatic heterocycles. The Kier molecular flexibility index (Phi) is 3.41. The Morgan fingerprint density at radius 3 is 2.20 bits per heavy atom. The van der Waals surface area contributed by atoms with E-state index in [1.165, 1.54) is 17.2 Å². The van der Waals surface area contributed by atoms with Gasteiger partial charge in [0.05, 0.1) is 4.47 Å². The lowest BCUT2D eigenvalue weighted by atomic mass is 10.1. The second-order valence-electron chi connectivity index (χ2n) is 4.91. The van der Waals surface area contributed by atoms with Gasteiger partial charge >= 0.3 is 0 Å². The van der Waals surface area contributed by atoms with Crippen molar-refractivity contribution in [2.45, 2.75) is 19.3 Å². The Labute approximate surface area is 125 Å². The summed E-state index contributed by atoms with van der Waals surface area (Å²) in [4.78, 5) is 1.86. The summed E-state index contributed by atoms with van der Waals surface area (Å²) in [5.74, 6) is -0.169. The molecule has 0 aliphatic carbocycles. The van der Waals surface area contributed by atoms with Crippen LogP contribution >= 0.6 is 15.9 Å². The third-order valence-electron chi connectivity index (χ3n) is 3.59. The van der Waals surface area contributed by atoms with Gasteiger partial charge in [-0.1, -0.05) is 24.3 Å². The number of hydrogen-bond acceptors (Lipinski definition) is 4. The zero-order valence-electron chi connectivity index (χ0n) is 10.6. The molecule has 1 atom stereocenters. The van der Waals surface area contributed by atoms with Crippen molar-refractivity contribution in [1.82, 2.24) is 4.90 Å². The van der Waals surface area contributed by atoms with Crippen molar-refractivity contribution in [2.75, 3.05) is 0 Å². The van der Waals surface area contributed by atoms with Crippen LogP contribution in [-0.4, -0.2) is 20.2 Å². The number of rotatable bonds is 2. The molecule has 1 heterocycles. The second-order valence-corrected chi connectivity index (χ2v) is 5.76. The van der Waals surface area contributed by atoms with Crippen LogP contribution in [0.15, 0.2) is 40.9 Å². The van der Waals surface area contributed by atoms with E-state index in [1.807, 2.05) is 29.2 Å². The van der Waals surface area contributed by atoms with Crippen LogP contribution in [0.5, 0.6) is 11.5 Å². The Bertz CT molecular complexity index is 635. The molecule has 0 bridgehead atoms. The summed E-state index contributed by atoms with van der Waals surface area (Å²) in [6.45, 7) is 1.27. The summed E-state index contributed by atoms with van der Waals surface area (Å²) in [5.41, 5.74) is 2.75. The van der Waals surface area contributed by atoms with Crippen LogP contribution in [0, 0.1) is 0 Å². The monoisotopic (exact) mass is 335 g/mol. The van der Waals surface area contributed by atoms with Crippen molar-refractivity contribution < 1.29 is 15.3 Å². The standard InChI is InChI=1S/C15H14BrNO3/c16-12-5-11(13(18)6-14(12)19)15(20)17-7-9-3-1-2-4-10(9)8-17/h1-6,15,18-20H,7-8H2. The normalized spacial score (nSPS) is 16.1. The van der Waals surface area contributed by atoms with E-state index in [2.05, 4.69) is 15.9 Å². The predicted molar refractivity (Wildman–Crippen MR) is 78.1 cm³/mol. The van der Waals surface area contributed by atoms with Crippen molar-refractivity contribution in [1.29, 1.82) is 0 Å². The first-order chi connectivity index (χ1) is 9.56. The molecule has 2 aromatic carbocycles. The van der Waals surface area contributed by atoms with Gasteiger partial charge in [0.2, 0.25) is 0 Å². The van der Waals surface area contributed by atoms with Crippen LogP contribution < -0.4 is 0 Å². The first kappa shape index (κ1) is 13.4. The summed E-state index contributed by atoms with van der Waals surface area (Å²) in [6.07, 6.45) is -0.917. The van der Waals surface area contributed by atoms with Gasteiger partial charge in [-0.3, -0.25) is 4.90 Å². The first-order valence-electron chi connectivity index (χ1n) is 6.26. The molecule has 104 valence electrons. The predicted octanol–water partition coefficient (Wildman–Crippen LogP) is 2.87. The number of aliphatic hydroxyl groups is 1. The third-order valence-corrected chi connectivity index (χ3v) is 4.22. The van der Waals surface area contributed by atoms with Crippen molar-refractivity contribution in [3.63, 3.8) is 0 Å². The van der Waals surface area contributed by atoms with E-state index in [0.29, 0.717) is 23.1 Å². The molecule has 3 N–H and O–H groups in total. The first-order valence-corrected chi connectivity index (χ1v) is 7.06. The smallest absolute Gasteiger partial charge is 0.137 e. The minimum absolute atomic E-state index is 0.0526. The van der Waals surface area contributed by atoms with Gasteiger partial charge in [-0.25, -0.2) is 0 Å². The Morgan fingerprint density at radius 1 is 1.00 bits per heavy atom. The molecular formula is C15H14BrNO3. The van der Waals surface area contributed by atoms with Crippen LogP contribution in [0.1, 0.15) is 22.9 Å². The molecule has 0 radical (unpaired) electrons. The van der Waals surface area contributed by atoms with Gasteiger partial charge in [0.15, 0.2) is 0 Å². The number of aromatic hydroxyl groups is 2. The second kappa shape index (κ2) is 5.09. The van der Waals surface area contributed by atoms with Crippen LogP contribution in [0.25, 0.3) is 0 Å². The Balaban J connectivity index is 1.88. The van der Waals surface area contributed by atoms with Crippen molar-refractivity contribution in [3.8, 4) is 11.5 Å². The van der Waals surface area contributed by atoms with Crippen LogP contribution in [0.2, 0.25) is 0 Å². The fourth-order valence-corrected chi connectivity index (χ4v) is 2.86. The molecule has 2 aromatic rings. The van der Waals surface area contributed by atoms with Gasteiger partial charge in [0.1, 0.15) is 17.7 Å². The summed E-state index contributed by atoms with van der Waals surface area (Å²) in [5, 5.41) is 29.9. The Hall–Kier alpha value is -1.56. The van der Waals surface area contributed by atoms with E-state index in [4.69, 9.17) is 0 Å². The summed E-state index contributed by atoms with van der Waals surface area (Å²) < 4.78 is 0.445. The highest BCUT2D eigenvalue weighted by Crippen LogP contribution is 2.38. The molecule has 0 spiro atoms. The fourth-order valence-electron chi connectivity index (χ4n) is 2.50. The SMILES string of the molecule is Oc1cc(O)c(C(O)N2Cc3ccccc3C2)cc1Br. The van der Waals surface area contributed by atoms with E-state index in [1.54, 1.807) is 6.07 Å². The number of halogens is 1. The van der Waals surface area contributed by atoms with Gasteiger partial charge in [-0.15, -0.1) is 0 Å². The quantitative estimate of drug-likeness (QED) is 0.789. The average molecular weight is 336 g/mol. The van der Waals surface area contributed by atoms with Gasteiger partial charge in [-0.05, 0) is 33.1 Å². The van der Waals surface area contributed by atoms with Crippen LogP contribution in [-0.2, 0) is 13.1 Å². The summed E-state index contributed by atoms with van der Waals surface area (Å²) in [6, 6.07) is 10.8. The lowest BCUT2D eigenvalue weighted by Crippen LogP contribution is -2.23. The van der Waals surface area contributed by atoms with E-state index in [9.17, 15) is 15.3 Å². The summed E-state index contributed by atoms with van der Waals surface area (Å²) in [7, 11) is 0. The summed E-state index contributed by atoms with van der Waals surface area (Å²) >= 11 is 3.19. The molecule has 1 unspecified atom stereocenters. The van der Waals surface area contributed by atoms with Gasteiger partial charge in [0, 0.05) is 24.7 Å². The zero-order valence-corrected chi connectivity index (χ0v) is 12.2. The average Bonchev–Trinajstić information content (AvgIpc) is 2.86. The highest BCUT2D eigenvalue weighted by molar-refractivity contribution is 9.10. The highest BCUT2D eigenvalue weighted by atomic mass is 79.9. The van der Waals surface area contributed by atoms with Gasteiger partial charge < -0.3 is 15.3 Å². The number of benzene rings is 2. The van der Waals surface area contributed by atoms with Gasteiger partial charge in [-0.2, -0.15) is 0 Å². The minimum Gasteiger partial charge on any atom is -0.507 e. The number of phenolic OH excluding ortho intramolecular Hbond substituents is 2. The van der Waals surface area contributed by atoms with E-state index in [-0.39, 0.29) is 11.5 Å². The van der Waals surface area contributed by atoms with Crippen molar-refractivity contribution in [2.24, 2.45) is 0 Å². The van der Waals surface area contributed by atoms with Crippen LogP contribution in [0.3, 0.4) is 0 Å². The zero-order chi connectivity index (χ0) is 14.3. The maximum atomic E-state index is 10.5. The lowest BCUT2D eigenvalue weighted by Gasteiger charge is -2.23. The van der Waals surface area contributed by atoms with Crippen molar-refractivity contribution in [3.05, 3.63) is 57.6 Å². The Morgan fingerprint density at radius 2 is 1.60 bits per heavy atom. The lowest BCUT2D eigenvalue weighted by molar-refractivity contribution is -0.00336. The number of aliphatic hydroxyl groups excluding tert-OH is 1. The number of hydrogen-bond donors (Lipinski definition) is 3. The highest BCUT2D eigenvalue weighted by Gasteiger charge is 2.27. The molecule has 0 saturated heterocycles. The van der Waals surface area contributed by atoms with E-state index < -0.39 is 6.23 Å². The molecule has 20 heavy (non-hydrogen) atoms. The topological polar surface area (TPSA) is 63.9 Å². The molecule has 1 aliphatic heterocycles. The van der Waals surface area contributed by atoms with E-state index >= 15 is 0 Å². The minimum atomic E-state index is -0.917. The molecule has 1 aliphatic rings. The number of nitrogens with zero attached hydrogens (tertiary/aromatic N) is 1. The molecule has 4 nitrogen and oxygen atoms in total. The number of fused-ring (bicyclic) bond motifs is 1. The van der Waals surface area contributed by atoms with E-state index in [0.717, 1.165) is 0 Å². The molecule has 0 saturated carbocycles. The van der Waals surface area contributed by atoms with Gasteiger partial charge in [0.25, 0.3) is 0 Å². The maximum absolute atomic E-state index is 10.5. The largest absolute Gasteiger partial charge is 0.507 e.